The average Bonchev–Trinajstić information content (AvgIpc) is 2.16. The summed E-state index contributed by atoms with van der Waals surface area (Å²) in [6.07, 6.45) is -1.51. The average molecular weight is 411 g/mol. The summed E-state index contributed by atoms with van der Waals surface area (Å²) in [7, 11) is -7.86. The van der Waals surface area contributed by atoms with Gasteiger partial charge in [-0.25, -0.2) is 0 Å². The number of carbonyl (C=O) groups is 1. The summed E-state index contributed by atoms with van der Waals surface area (Å²) in [5.41, 5.74) is 0. The van der Waals surface area contributed by atoms with E-state index < -0.39 is 45.7 Å². The van der Waals surface area contributed by atoms with E-state index in [-0.39, 0.29) is 5.97 Å². The third-order valence-corrected chi connectivity index (χ3v) is 5.96. The molecule has 0 fully saturated rings. The van der Waals surface area contributed by atoms with Gasteiger partial charge in [0.1, 0.15) is 0 Å². The first-order valence-corrected chi connectivity index (χ1v) is 22.2. The molecule has 0 amide bonds. The predicted octanol–water partition coefficient (Wildman–Crippen LogP) is 4.61. The van der Waals surface area contributed by atoms with Gasteiger partial charge in [0.15, 0.2) is 37.3 Å². The fourth-order valence-electron chi connectivity index (χ4n) is 1.80. The van der Waals surface area contributed by atoms with E-state index in [2.05, 4.69) is 58.9 Å². The van der Waals surface area contributed by atoms with E-state index in [1.165, 1.54) is 0 Å². The molecule has 0 bridgehead atoms. The lowest BCUT2D eigenvalue weighted by atomic mass is 10.3. The van der Waals surface area contributed by atoms with Crippen molar-refractivity contribution < 1.29 is 22.5 Å². The molecule has 9 heteroatoms. The molecule has 0 spiro atoms. The van der Waals surface area contributed by atoms with Gasteiger partial charge in [-0.3, -0.25) is 4.79 Å². The minimum atomic E-state index is -2.02. The Bertz CT molecular complexity index is 400. The van der Waals surface area contributed by atoms with Gasteiger partial charge in [0.2, 0.25) is 8.32 Å². The molecule has 0 aromatic heterocycles. The van der Waals surface area contributed by atoms with E-state index in [4.69, 9.17) is 17.7 Å². The molecule has 5 nitrogen and oxygen atoms in total. The first kappa shape index (κ1) is 24.2. The molecule has 0 radical (unpaired) electrons. The summed E-state index contributed by atoms with van der Waals surface area (Å²) in [6, 6.07) is 0. The molecule has 0 saturated heterocycles. The fourth-order valence-corrected chi connectivity index (χ4v) is 5.32. The Balaban J connectivity index is 5.65. The van der Waals surface area contributed by atoms with Crippen LogP contribution >= 0.6 is 0 Å². The molecule has 1 atom stereocenters. The maximum atomic E-state index is 12.8. The molecular weight excluding hydrogens is 373 g/mol. The Labute approximate surface area is 152 Å². The van der Waals surface area contributed by atoms with Gasteiger partial charge in [-0.1, -0.05) is 0 Å². The summed E-state index contributed by atoms with van der Waals surface area (Å²) >= 11 is 0. The van der Waals surface area contributed by atoms with Crippen molar-refractivity contribution in [3.8, 4) is 0 Å². The van der Waals surface area contributed by atoms with E-state index >= 15 is 0 Å². The molecule has 0 aliphatic carbocycles. The van der Waals surface area contributed by atoms with Crippen molar-refractivity contribution in [3.05, 3.63) is 0 Å². The molecule has 1 unspecified atom stereocenters. The normalized spacial score (nSPS) is 15.5. The van der Waals surface area contributed by atoms with Gasteiger partial charge in [-0.15, -0.1) is 0 Å². The van der Waals surface area contributed by atoms with Crippen LogP contribution in [0, 0.1) is 0 Å². The van der Waals surface area contributed by atoms with Gasteiger partial charge in [-0.05, 0) is 78.6 Å². The van der Waals surface area contributed by atoms with Crippen LogP contribution in [0.3, 0.4) is 0 Å². The molecule has 0 aromatic rings. The van der Waals surface area contributed by atoms with Crippen LogP contribution < -0.4 is 0 Å². The smallest absolute Gasteiger partial charge is 0.326 e. The monoisotopic (exact) mass is 410 g/mol. The maximum absolute atomic E-state index is 12.8. The molecule has 0 saturated carbocycles. The first-order chi connectivity index (χ1) is 10.3. The lowest BCUT2D eigenvalue weighted by Gasteiger charge is -2.38. The lowest BCUT2D eigenvalue weighted by molar-refractivity contribution is -0.160. The molecule has 0 N–H and O–H groups in total. The van der Waals surface area contributed by atoms with Gasteiger partial charge in [-0.2, -0.15) is 0 Å². The van der Waals surface area contributed by atoms with Crippen LogP contribution in [-0.2, 0) is 22.5 Å². The molecule has 0 aliphatic rings. The topological polar surface area (TPSA) is 54.0 Å². The summed E-state index contributed by atoms with van der Waals surface area (Å²) in [4.78, 5) is 12.8. The van der Waals surface area contributed by atoms with E-state index in [1.807, 2.05) is 19.6 Å². The second kappa shape index (κ2) is 8.27. The second-order valence-corrected chi connectivity index (χ2v) is 27.8. The van der Waals surface area contributed by atoms with E-state index in [9.17, 15) is 4.79 Å². The summed E-state index contributed by atoms with van der Waals surface area (Å²) in [5, 5.41) is 0. The minimum Gasteiger partial charge on any atom is -0.518 e. The van der Waals surface area contributed by atoms with Crippen LogP contribution in [0.2, 0.25) is 78.6 Å². The van der Waals surface area contributed by atoms with Gasteiger partial charge >= 0.3 is 5.97 Å². The molecule has 0 aromatic carbocycles. The van der Waals surface area contributed by atoms with Crippen molar-refractivity contribution >= 4 is 39.2 Å². The summed E-state index contributed by atoms with van der Waals surface area (Å²) < 4.78 is 24.3. The highest BCUT2D eigenvalue weighted by atomic mass is 28.4. The maximum Gasteiger partial charge on any atom is 0.326 e. The quantitative estimate of drug-likeness (QED) is 0.410. The Morgan fingerprint density at radius 3 is 1.17 bits per heavy atom. The SMILES string of the molecule is C[Si](C)(C)OC(=O)C(O[Si](C)(C)C)C(O[Si](C)(C)C)O[Si](C)(C)C. The standard InChI is InChI=1S/C15H38O5Si4/c1-21(2,3)17-13(14(16)18-22(4,5)6)15(19-23(7,8)9)20-24(10,11)12/h13,15H,1-12H3. The van der Waals surface area contributed by atoms with E-state index in [0.717, 1.165) is 0 Å². The molecule has 144 valence electrons. The fraction of sp³-hybridized carbons (Fsp3) is 0.933. The van der Waals surface area contributed by atoms with Crippen molar-refractivity contribution in [3.63, 3.8) is 0 Å². The van der Waals surface area contributed by atoms with E-state index in [0.29, 0.717) is 0 Å². The van der Waals surface area contributed by atoms with Gasteiger partial charge in [0, 0.05) is 0 Å². The highest BCUT2D eigenvalue weighted by Gasteiger charge is 2.42. The highest BCUT2D eigenvalue weighted by Crippen LogP contribution is 2.23. The summed E-state index contributed by atoms with van der Waals surface area (Å²) in [5.74, 6) is -0.349. The Hall–Kier alpha value is 0.218. The van der Waals surface area contributed by atoms with Crippen molar-refractivity contribution in [1.29, 1.82) is 0 Å². The highest BCUT2D eigenvalue weighted by molar-refractivity contribution is 6.72. The lowest BCUT2D eigenvalue weighted by Crippen LogP contribution is -2.54. The van der Waals surface area contributed by atoms with Gasteiger partial charge in [0.25, 0.3) is 0 Å². The van der Waals surface area contributed by atoms with Crippen LogP contribution in [0.5, 0.6) is 0 Å². The molecule has 0 rings (SSSR count). The number of rotatable bonds is 9. The largest absolute Gasteiger partial charge is 0.518 e. The zero-order valence-electron chi connectivity index (χ0n) is 17.7. The third kappa shape index (κ3) is 12.6. The zero-order valence-corrected chi connectivity index (χ0v) is 21.7. The Morgan fingerprint density at radius 1 is 0.583 bits per heavy atom. The van der Waals surface area contributed by atoms with Gasteiger partial charge < -0.3 is 17.7 Å². The zero-order chi connectivity index (χ0) is 19.6. The minimum absolute atomic E-state index is 0.349. The molecule has 0 aliphatic heterocycles. The van der Waals surface area contributed by atoms with Crippen molar-refractivity contribution in [2.45, 2.75) is 91.0 Å². The molecular formula is C15H38O5Si4. The predicted molar refractivity (Wildman–Crippen MR) is 110 cm³/mol. The van der Waals surface area contributed by atoms with Crippen molar-refractivity contribution in [2.75, 3.05) is 0 Å². The Kier molecular flexibility index (Phi) is 8.35. The van der Waals surface area contributed by atoms with Crippen molar-refractivity contribution in [2.24, 2.45) is 0 Å². The van der Waals surface area contributed by atoms with Crippen molar-refractivity contribution in [1.82, 2.24) is 0 Å². The van der Waals surface area contributed by atoms with Crippen LogP contribution in [0.4, 0.5) is 0 Å². The van der Waals surface area contributed by atoms with Crippen LogP contribution in [0.25, 0.3) is 0 Å². The number of carbonyl (C=O) groups excluding carboxylic acids is 1. The first-order valence-electron chi connectivity index (χ1n) is 8.55. The van der Waals surface area contributed by atoms with Gasteiger partial charge in [0.05, 0.1) is 0 Å². The Morgan fingerprint density at radius 2 is 0.917 bits per heavy atom. The molecule has 24 heavy (non-hydrogen) atoms. The summed E-state index contributed by atoms with van der Waals surface area (Å²) in [6.45, 7) is 24.7. The number of hydrogen-bond acceptors (Lipinski definition) is 5. The van der Waals surface area contributed by atoms with Crippen LogP contribution in [0.15, 0.2) is 0 Å². The second-order valence-electron chi connectivity index (χ2n) is 10.0. The van der Waals surface area contributed by atoms with Crippen LogP contribution in [-0.4, -0.2) is 51.6 Å². The van der Waals surface area contributed by atoms with Crippen LogP contribution in [0.1, 0.15) is 0 Å². The molecule has 0 heterocycles. The van der Waals surface area contributed by atoms with E-state index in [1.54, 1.807) is 0 Å². The number of hydrogen-bond donors (Lipinski definition) is 0. The third-order valence-electron chi connectivity index (χ3n) is 2.31.